The lowest BCUT2D eigenvalue weighted by Gasteiger charge is -2.24. The number of fused-ring (bicyclic) bond motifs is 1. The van der Waals surface area contributed by atoms with E-state index in [4.69, 9.17) is 19.9 Å². The zero-order valence-electron chi connectivity index (χ0n) is 16.1. The molecule has 3 aromatic rings. The van der Waals surface area contributed by atoms with E-state index in [-0.39, 0.29) is 11.8 Å². The SMILES string of the molecule is COc1ccc([C@@H]2C(C#N)=C(N)Oc3n[nH]c(C)c32)cc1COc1ccccc1. The molecule has 0 amide bonds. The van der Waals surface area contributed by atoms with Gasteiger partial charge in [-0.25, -0.2) is 0 Å². The van der Waals surface area contributed by atoms with Crippen LogP contribution in [0.3, 0.4) is 0 Å². The molecule has 4 rings (SSSR count). The van der Waals surface area contributed by atoms with Crippen molar-refractivity contribution >= 4 is 0 Å². The highest BCUT2D eigenvalue weighted by Crippen LogP contribution is 2.43. The van der Waals surface area contributed by atoms with Gasteiger partial charge in [-0.2, -0.15) is 5.26 Å². The number of ether oxygens (including phenoxy) is 3. The molecule has 0 radical (unpaired) electrons. The van der Waals surface area contributed by atoms with Crippen LogP contribution in [0, 0.1) is 18.3 Å². The fourth-order valence-electron chi connectivity index (χ4n) is 3.50. The number of nitrogens with one attached hydrogen (secondary N) is 1. The highest BCUT2D eigenvalue weighted by molar-refractivity contribution is 5.56. The van der Waals surface area contributed by atoms with E-state index in [1.54, 1.807) is 7.11 Å². The molecule has 7 heteroatoms. The maximum atomic E-state index is 9.72. The summed E-state index contributed by atoms with van der Waals surface area (Å²) in [4.78, 5) is 0. The molecule has 146 valence electrons. The van der Waals surface area contributed by atoms with E-state index in [2.05, 4.69) is 16.3 Å². The zero-order chi connectivity index (χ0) is 20.4. The Bertz CT molecular complexity index is 1110. The van der Waals surface area contributed by atoms with Crippen LogP contribution in [-0.4, -0.2) is 17.3 Å². The van der Waals surface area contributed by atoms with Gasteiger partial charge in [0, 0.05) is 16.8 Å². The number of hydrogen-bond donors (Lipinski definition) is 2. The van der Waals surface area contributed by atoms with E-state index in [0.29, 0.717) is 23.8 Å². The predicted molar refractivity (Wildman–Crippen MR) is 106 cm³/mol. The normalized spacial score (nSPS) is 15.3. The number of benzene rings is 2. The van der Waals surface area contributed by atoms with Gasteiger partial charge in [0.2, 0.25) is 11.8 Å². The first-order valence-electron chi connectivity index (χ1n) is 9.09. The number of rotatable bonds is 5. The van der Waals surface area contributed by atoms with E-state index < -0.39 is 0 Å². The Hall–Kier alpha value is -3.92. The molecule has 3 N–H and O–H groups in total. The standard InChI is InChI=1S/C22H20N4O3/c1-13-19-20(17(11-23)21(24)29-22(19)26-25-13)14-8-9-18(27-2)15(10-14)12-28-16-6-4-3-5-7-16/h3-10,20H,12,24H2,1-2H3,(H,25,26)/t20-/m1/s1. The van der Waals surface area contributed by atoms with Gasteiger partial charge < -0.3 is 19.9 Å². The van der Waals surface area contributed by atoms with E-state index in [1.165, 1.54) is 0 Å². The third kappa shape index (κ3) is 3.36. The van der Waals surface area contributed by atoms with E-state index >= 15 is 0 Å². The minimum Gasteiger partial charge on any atom is -0.496 e. The number of hydrogen-bond acceptors (Lipinski definition) is 6. The number of aryl methyl sites for hydroxylation is 1. The van der Waals surface area contributed by atoms with Crippen LogP contribution in [-0.2, 0) is 6.61 Å². The molecule has 2 heterocycles. The molecule has 29 heavy (non-hydrogen) atoms. The number of nitriles is 1. The first-order chi connectivity index (χ1) is 14.1. The molecule has 1 aliphatic heterocycles. The molecule has 0 unspecified atom stereocenters. The predicted octanol–water partition coefficient (Wildman–Crippen LogP) is 3.52. The molecule has 1 aliphatic rings. The van der Waals surface area contributed by atoms with Crippen LogP contribution in [0.15, 0.2) is 60.0 Å². The lowest BCUT2D eigenvalue weighted by molar-refractivity contribution is 0.296. The van der Waals surface area contributed by atoms with Gasteiger partial charge in [-0.1, -0.05) is 24.3 Å². The van der Waals surface area contributed by atoms with Crippen LogP contribution in [0.1, 0.15) is 28.3 Å². The number of aromatic nitrogens is 2. The third-order valence-electron chi connectivity index (χ3n) is 4.90. The monoisotopic (exact) mass is 388 g/mol. The largest absolute Gasteiger partial charge is 0.496 e. The molecule has 0 bridgehead atoms. The average Bonchev–Trinajstić information content (AvgIpc) is 3.11. The van der Waals surface area contributed by atoms with Gasteiger partial charge >= 0.3 is 0 Å². The van der Waals surface area contributed by atoms with Gasteiger partial charge in [-0.3, -0.25) is 5.10 Å². The summed E-state index contributed by atoms with van der Waals surface area (Å²) in [6.45, 7) is 2.21. The second kappa shape index (κ2) is 7.60. The van der Waals surface area contributed by atoms with Crippen LogP contribution < -0.4 is 19.9 Å². The Balaban J connectivity index is 1.75. The molecule has 0 saturated heterocycles. The van der Waals surface area contributed by atoms with Gasteiger partial charge in [-0.05, 0) is 36.8 Å². The second-order valence-corrected chi connectivity index (χ2v) is 6.67. The number of aromatic amines is 1. The lowest BCUT2D eigenvalue weighted by Crippen LogP contribution is -2.21. The van der Waals surface area contributed by atoms with Gasteiger partial charge in [0.15, 0.2) is 0 Å². The van der Waals surface area contributed by atoms with Crippen LogP contribution in [0.25, 0.3) is 0 Å². The number of allylic oxidation sites excluding steroid dienone is 1. The summed E-state index contributed by atoms with van der Waals surface area (Å²) in [5.41, 5.74) is 9.72. The Labute approximate surface area is 168 Å². The average molecular weight is 388 g/mol. The molecule has 7 nitrogen and oxygen atoms in total. The lowest BCUT2D eigenvalue weighted by atomic mass is 9.83. The molecule has 0 aliphatic carbocycles. The molecule has 0 spiro atoms. The van der Waals surface area contributed by atoms with Crippen LogP contribution >= 0.6 is 0 Å². The Morgan fingerprint density at radius 2 is 2.03 bits per heavy atom. The van der Waals surface area contributed by atoms with Gasteiger partial charge in [0.1, 0.15) is 29.7 Å². The molecule has 1 aromatic heterocycles. The third-order valence-corrected chi connectivity index (χ3v) is 4.90. The van der Waals surface area contributed by atoms with Crippen LogP contribution in [0.2, 0.25) is 0 Å². The van der Waals surface area contributed by atoms with E-state index in [9.17, 15) is 5.26 Å². The van der Waals surface area contributed by atoms with E-state index in [1.807, 2.05) is 55.5 Å². The van der Waals surface area contributed by atoms with Crippen molar-refractivity contribution in [2.24, 2.45) is 5.73 Å². The van der Waals surface area contributed by atoms with Crippen molar-refractivity contribution in [2.45, 2.75) is 19.4 Å². The summed E-state index contributed by atoms with van der Waals surface area (Å²) in [6.07, 6.45) is 0. The number of para-hydroxylation sites is 1. The second-order valence-electron chi connectivity index (χ2n) is 6.67. The highest BCUT2D eigenvalue weighted by atomic mass is 16.5. The van der Waals surface area contributed by atoms with Crippen molar-refractivity contribution in [1.82, 2.24) is 10.2 Å². The molecular weight excluding hydrogens is 368 g/mol. The minimum absolute atomic E-state index is 0.0643. The Morgan fingerprint density at radius 1 is 1.24 bits per heavy atom. The number of methoxy groups -OCH3 is 1. The van der Waals surface area contributed by atoms with Crippen molar-refractivity contribution in [1.29, 1.82) is 5.26 Å². The van der Waals surface area contributed by atoms with Gasteiger partial charge in [0.05, 0.1) is 13.0 Å². The maximum absolute atomic E-state index is 9.72. The van der Waals surface area contributed by atoms with Gasteiger partial charge in [-0.15, -0.1) is 5.10 Å². The first-order valence-corrected chi connectivity index (χ1v) is 9.09. The van der Waals surface area contributed by atoms with Crippen LogP contribution in [0.4, 0.5) is 0 Å². The van der Waals surface area contributed by atoms with Crippen molar-refractivity contribution in [2.75, 3.05) is 7.11 Å². The minimum atomic E-state index is -0.385. The van der Waals surface area contributed by atoms with Crippen molar-refractivity contribution in [3.05, 3.63) is 82.4 Å². The number of H-pyrrole nitrogens is 1. The smallest absolute Gasteiger partial charge is 0.244 e. The summed E-state index contributed by atoms with van der Waals surface area (Å²) in [6, 6.07) is 17.5. The molecule has 0 fully saturated rings. The maximum Gasteiger partial charge on any atom is 0.244 e. The molecular formula is C22H20N4O3. The quantitative estimate of drug-likeness (QED) is 0.693. The zero-order valence-corrected chi connectivity index (χ0v) is 16.1. The summed E-state index contributed by atoms with van der Waals surface area (Å²) in [5, 5.41) is 16.8. The fourth-order valence-corrected chi connectivity index (χ4v) is 3.50. The van der Waals surface area contributed by atoms with Crippen molar-refractivity contribution in [3.63, 3.8) is 0 Å². The molecule has 0 saturated carbocycles. The first kappa shape index (κ1) is 18.4. The Morgan fingerprint density at radius 3 is 2.76 bits per heavy atom. The molecule has 1 atom stereocenters. The van der Waals surface area contributed by atoms with E-state index in [0.717, 1.165) is 28.1 Å². The number of nitrogens with zero attached hydrogens (tertiary/aromatic N) is 2. The van der Waals surface area contributed by atoms with Gasteiger partial charge in [0.25, 0.3) is 0 Å². The summed E-state index contributed by atoms with van der Waals surface area (Å²) in [5.74, 6) is 1.54. The van der Waals surface area contributed by atoms with Crippen LogP contribution in [0.5, 0.6) is 17.4 Å². The summed E-state index contributed by atoms with van der Waals surface area (Å²) in [7, 11) is 1.62. The topological polar surface area (TPSA) is 106 Å². The number of nitrogens with two attached hydrogens (primary N) is 1. The summed E-state index contributed by atoms with van der Waals surface area (Å²) < 4.78 is 16.9. The highest BCUT2D eigenvalue weighted by Gasteiger charge is 2.34. The Kier molecular flexibility index (Phi) is 4.83. The summed E-state index contributed by atoms with van der Waals surface area (Å²) >= 11 is 0. The van der Waals surface area contributed by atoms with Crippen molar-refractivity contribution in [3.8, 4) is 23.4 Å². The molecule has 2 aromatic carbocycles. The fraction of sp³-hybridized carbons (Fsp3) is 0.182. The van der Waals surface area contributed by atoms with Crippen molar-refractivity contribution < 1.29 is 14.2 Å².